The minimum atomic E-state index is 0.00684. The molecule has 3 rings (SSSR count). The van der Waals surface area contributed by atoms with E-state index in [2.05, 4.69) is 22.2 Å². The van der Waals surface area contributed by atoms with E-state index in [1.54, 1.807) is 0 Å². The van der Waals surface area contributed by atoms with E-state index in [-0.39, 0.29) is 6.04 Å². The standard InChI is InChI=1S/C17H31N3O/c1-13-17(21)20(16(18-13)14-7-3-4-8-14)12-11-19(2)15-9-5-6-10-15/h13-16,18H,3-12H2,1-2H3. The minimum absolute atomic E-state index is 0.00684. The van der Waals surface area contributed by atoms with Crippen LogP contribution >= 0.6 is 0 Å². The zero-order valence-corrected chi connectivity index (χ0v) is 13.7. The van der Waals surface area contributed by atoms with E-state index in [9.17, 15) is 4.79 Å². The maximum absolute atomic E-state index is 12.5. The third-order valence-corrected chi connectivity index (χ3v) is 5.90. The van der Waals surface area contributed by atoms with Crippen LogP contribution in [-0.2, 0) is 4.79 Å². The van der Waals surface area contributed by atoms with Crippen molar-refractivity contribution in [3.05, 3.63) is 0 Å². The lowest BCUT2D eigenvalue weighted by atomic mass is 10.0. The largest absolute Gasteiger partial charge is 0.324 e. The van der Waals surface area contributed by atoms with Crippen LogP contribution in [0.1, 0.15) is 58.3 Å². The van der Waals surface area contributed by atoms with E-state index in [0.29, 0.717) is 18.0 Å². The summed E-state index contributed by atoms with van der Waals surface area (Å²) in [5.74, 6) is 0.988. The second-order valence-electron chi connectivity index (χ2n) is 7.33. The van der Waals surface area contributed by atoms with E-state index in [0.717, 1.165) is 19.1 Å². The summed E-state index contributed by atoms with van der Waals surface area (Å²) in [7, 11) is 2.23. The monoisotopic (exact) mass is 293 g/mol. The van der Waals surface area contributed by atoms with Crippen molar-refractivity contribution >= 4 is 5.91 Å². The minimum Gasteiger partial charge on any atom is -0.324 e. The number of hydrogen-bond donors (Lipinski definition) is 1. The third kappa shape index (κ3) is 3.26. The summed E-state index contributed by atoms with van der Waals surface area (Å²) in [5.41, 5.74) is 0. The lowest BCUT2D eigenvalue weighted by molar-refractivity contribution is -0.130. The average Bonchev–Trinajstić information content (AvgIpc) is 3.20. The molecule has 4 nitrogen and oxygen atoms in total. The van der Waals surface area contributed by atoms with Gasteiger partial charge in [-0.25, -0.2) is 0 Å². The summed E-state index contributed by atoms with van der Waals surface area (Å²) in [6.45, 7) is 3.93. The van der Waals surface area contributed by atoms with Crippen molar-refractivity contribution in [2.24, 2.45) is 5.92 Å². The van der Waals surface area contributed by atoms with E-state index >= 15 is 0 Å². The normalized spacial score (nSPS) is 32.0. The fraction of sp³-hybridized carbons (Fsp3) is 0.941. The van der Waals surface area contributed by atoms with Crippen LogP contribution in [0.15, 0.2) is 0 Å². The number of amides is 1. The Morgan fingerprint density at radius 1 is 1.14 bits per heavy atom. The van der Waals surface area contributed by atoms with E-state index < -0.39 is 0 Å². The summed E-state index contributed by atoms with van der Waals surface area (Å²) < 4.78 is 0. The molecule has 1 amide bonds. The Hall–Kier alpha value is -0.610. The molecule has 2 atom stereocenters. The highest BCUT2D eigenvalue weighted by Gasteiger charge is 2.41. The highest BCUT2D eigenvalue weighted by Crippen LogP contribution is 2.32. The molecule has 0 aromatic carbocycles. The van der Waals surface area contributed by atoms with Crippen molar-refractivity contribution in [3.63, 3.8) is 0 Å². The highest BCUT2D eigenvalue weighted by atomic mass is 16.2. The van der Waals surface area contributed by atoms with Gasteiger partial charge >= 0.3 is 0 Å². The molecule has 3 fully saturated rings. The van der Waals surface area contributed by atoms with Gasteiger partial charge < -0.3 is 9.80 Å². The quantitative estimate of drug-likeness (QED) is 0.844. The van der Waals surface area contributed by atoms with Crippen LogP contribution in [-0.4, -0.2) is 54.1 Å². The molecule has 4 heteroatoms. The Morgan fingerprint density at radius 3 is 2.43 bits per heavy atom. The topological polar surface area (TPSA) is 35.6 Å². The Bertz CT molecular complexity index is 361. The van der Waals surface area contributed by atoms with Crippen LogP contribution in [0.2, 0.25) is 0 Å². The van der Waals surface area contributed by atoms with E-state index in [4.69, 9.17) is 0 Å². The molecule has 1 saturated heterocycles. The number of rotatable bonds is 5. The van der Waals surface area contributed by atoms with Gasteiger partial charge in [0.15, 0.2) is 0 Å². The van der Waals surface area contributed by atoms with Crippen LogP contribution in [0.5, 0.6) is 0 Å². The van der Waals surface area contributed by atoms with Gasteiger partial charge in [0, 0.05) is 19.1 Å². The van der Waals surface area contributed by atoms with E-state index in [1.165, 1.54) is 51.4 Å². The first-order chi connectivity index (χ1) is 10.2. The van der Waals surface area contributed by atoms with Gasteiger partial charge in [0.1, 0.15) is 0 Å². The molecule has 1 N–H and O–H groups in total. The van der Waals surface area contributed by atoms with Crippen molar-refractivity contribution in [3.8, 4) is 0 Å². The van der Waals surface area contributed by atoms with E-state index in [1.807, 2.05) is 6.92 Å². The van der Waals surface area contributed by atoms with Crippen LogP contribution in [0, 0.1) is 5.92 Å². The van der Waals surface area contributed by atoms with Gasteiger partial charge in [0.05, 0.1) is 12.2 Å². The Balaban J connectivity index is 1.56. The van der Waals surface area contributed by atoms with Gasteiger partial charge in [0.2, 0.25) is 5.91 Å². The third-order valence-electron chi connectivity index (χ3n) is 5.90. The molecule has 0 spiro atoms. The number of nitrogens with one attached hydrogen (secondary N) is 1. The Labute approximate surface area is 129 Å². The molecule has 1 aliphatic heterocycles. The first-order valence-electron chi connectivity index (χ1n) is 8.93. The van der Waals surface area contributed by atoms with Gasteiger partial charge in [-0.15, -0.1) is 0 Å². The lowest BCUT2D eigenvalue weighted by Gasteiger charge is -2.32. The van der Waals surface area contributed by atoms with Crippen molar-refractivity contribution in [2.75, 3.05) is 20.1 Å². The molecule has 120 valence electrons. The molecular formula is C17H31N3O. The van der Waals surface area contributed by atoms with Crippen LogP contribution in [0.3, 0.4) is 0 Å². The molecule has 0 aromatic heterocycles. The van der Waals surface area contributed by atoms with Crippen LogP contribution < -0.4 is 5.32 Å². The zero-order chi connectivity index (χ0) is 14.8. The first-order valence-corrected chi connectivity index (χ1v) is 8.93. The summed E-state index contributed by atoms with van der Waals surface area (Å²) in [6, 6.07) is 0.755. The van der Waals surface area contributed by atoms with Crippen molar-refractivity contribution in [1.82, 2.24) is 15.1 Å². The van der Waals surface area contributed by atoms with Crippen LogP contribution in [0.25, 0.3) is 0 Å². The van der Waals surface area contributed by atoms with Gasteiger partial charge in [-0.2, -0.15) is 0 Å². The predicted octanol–water partition coefficient (Wildman–Crippen LogP) is 2.20. The van der Waals surface area contributed by atoms with Gasteiger partial charge in [-0.05, 0) is 45.6 Å². The van der Waals surface area contributed by atoms with Crippen LogP contribution in [0.4, 0.5) is 0 Å². The predicted molar refractivity (Wildman–Crippen MR) is 84.9 cm³/mol. The maximum Gasteiger partial charge on any atom is 0.240 e. The van der Waals surface area contributed by atoms with Gasteiger partial charge in [-0.3, -0.25) is 10.1 Å². The smallest absolute Gasteiger partial charge is 0.240 e. The molecule has 1 heterocycles. The Kier molecular flexibility index (Phi) is 4.85. The fourth-order valence-corrected chi connectivity index (χ4v) is 4.51. The molecular weight excluding hydrogens is 262 g/mol. The van der Waals surface area contributed by atoms with Crippen molar-refractivity contribution in [2.45, 2.75) is 76.5 Å². The molecule has 2 aliphatic carbocycles. The zero-order valence-electron chi connectivity index (χ0n) is 13.7. The number of likely N-dealkylation sites (N-methyl/N-ethyl adjacent to an activating group) is 1. The lowest BCUT2D eigenvalue weighted by Crippen LogP contribution is -2.46. The van der Waals surface area contributed by atoms with Crippen molar-refractivity contribution < 1.29 is 4.79 Å². The number of carbonyl (C=O) groups is 1. The molecule has 3 aliphatic rings. The average molecular weight is 293 g/mol. The summed E-state index contributed by atoms with van der Waals surface area (Å²) in [4.78, 5) is 17.1. The molecule has 2 saturated carbocycles. The summed E-state index contributed by atoms with van der Waals surface area (Å²) >= 11 is 0. The maximum atomic E-state index is 12.5. The second-order valence-corrected chi connectivity index (χ2v) is 7.33. The summed E-state index contributed by atoms with van der Waals surface area (Å²) in [5, 5.41) is 3.55. The van der Waals surface area contributed by atoms with Gasteiger partial charge in [-0.1, -0.05) is 25.7 Å². The molecule has 0 bridgehead atoms. The van der Waals surface area contributed by atoms with Gasteiger partial charge in [0.25, 0.3) is 0 Å². The fourth-order valence-electron chi connectivity index (χ4n) is 4.51. The Morgan fingerprint density at radius 2 is 1.76 bits per heavy atom. The first kappa shape index (κ1) is 15.3. The molecule has 0 aromatic rings. The molecule has 0 radical (unpaired) electrons. The number of nitrogens with zero attached hydrogens (tertiary/aromatic N) is 2. The van der Waals surface area contributed by atoms with Crippen molar-refractivity contribution in [1.29, 1.82) is 0 Å². The second kappa shape index (κ2) is 6.66. The highest BCUT2D eigenvalue weighted by molar-refractivity contribution is 5.84. The SMILES string of the molecule is CC1NC(C2CCCC2)N(CCN(C)C2CCCC2)C1=O. The summed E-state index contributed by atoms with van der Waals surface area (Å²) in [6.07, 6.45) is 11.0. The molecule has 2 unspecified atom stereocenters. The number of carbonyl (C=O) groups excluding carboxylic acids is 1. The number of hydrogen-bond acceptors (Lipinski definition) is 3. The molecule has 21 heavy (non-hydrogen) atoms.